The Morgan fingerprint density at radius 2 is 2.10 bits per heavy atom. The maximum Gasteiger partial charge on any atom is 0.220 e. The van der Waals surface area contributed by atoms with E-state index in [2.05, 4.69) is 10.6 Å². The van der Waals surface area contributed by atoms with Gasteiger partial charge in [-0.3, -0.25) is 9.59 Å². The van der Waals surface area contributed by atoms with Crippen LogP contribution in [-0.4, -0.2) is 17.4 Å². The van der Waals surface area contributed by atoms with Crippen molar-refractivity contribution in [1.29, 1.82) is 0 Å². The summed E-state index contributed by atoms with van der Waals surface area (Å²) in [6.07, 6.45) is 2.29. The number of hydrogen-bond donors (Lipinski definition) is 2. The molecule has 1 heterocycles. The lowest BCUT2D eigenvalue weighted by Gasteiger charge is -2.24. The maximum atomic E-state index is 12.9. The minimum atomic E-state index is -0.290. The van der Waals surface area contributed by atoms with E-state index in [4.69, 9.17) is 0 Å². The lowest BCUT2D eigenvalue weighted by Crippen LogP contribution is -2.39. The molecule has 0 bridgehead atoms. The van der Waals surface area contributed by atoms with Crippen LogP contribution in [0.25, 0.3) is 0 Å². The summed E-state index contributed by atoms with van der Waals surface area (Å²) in [6, 6.07) is 5.93. The van der Waals surface area contributed by atoms with Gasteiger partial charge < -0.3 is 10.6 Å². The van der Waals surface area contributed by atoms with Gasteiger partial charge in [-0.2, -0.15) is 0 Å². The topological polar surface area (TPSA) is 58.2 Å². The second-order valence-corrected chi connectivity index (χ2v) is 5.95. The molecule has 21 heavy (non-hydrogen) atoms. The van der Waals surface area contributed by atoms with E-state index in [-0.39, 0.29) is 29.2 Å². The van der Waals surface area contributed by atoms with Crippen molar-refractivity contribution in [2.45, 2.75) is 51.1 Å². The molecule has 5 heteroatoms. The van der Waals surface area contributed by atoms with Crippen molar-refractivity contribution in [3.8, 4) is 0 Å². The Morgan fingerprint density at radius 1 is 1.43 bits per heavy atom. The van der Waals surface area contributed by atoms with Gasteiger partial charge in [-0.25, -0.2) is 4.39 Å². The summed E-state index contributed by atoms with van der Waals surface area (Å²) in [5.74, 6) is -0.297. The fourth-order valence-corrected chi connectivity index (χ4v) is 2.58. The number of carbonyl (C=O) groups excluding carboxylic acids is 2. The average molecular weight is 292 g/mol. The SMILES string of the molecule is C[C@@H](NC(=O)CC[C@@]1(C)CCC(=O)N1)c1ccc(F)cc1. The van der Waals surface area contributed by atoms with Crippen LogP contribution in [0.5, 0.6) is 0 Å². The predicted octanol–water partition coefficient (Wildman–Crippen LogP) is 2.45. The van der Waals surface area contributed by atoms with Crippen molar-refractivity contribution in [2.75, 3.05) is 0 Å². The summed E-state index contributed by atoms with van der Waals surface area (Å²) in [5, 5.41) is 5.81. The van der Waals surface area contributed by atoms with Gasteiger partial charge in [0, 0.05) is 18.4 Å². The molecule has 1 aromatic rings. The highest BCUT2D eigenvalue weighted by atomic mass is 19.1. The molecular weight excluding hydrogens is 271 g/mol. The van der Waals surface area contributed by atoms with Crippen LogP contribution in [0, 0.1) is 5.82 Å². The van der Waals surface area contributed by atoms with Crippen molar-refractivity contribution < 1.29 is 14.0 Å². The fraction of sp³-hybridized carbons (Fsp3) is 0.500. The van der Waals surface area contributed by atoms with Crippen LogP contribution in [0.2, 0.25) is 0 Å². The molecule has 0 aliphatic carbocycles. The molecule has 2 N–H and O–H groups in total. The summed E-state index contributed by atoms with van der Waals surface area (Å²) in [7, 11) is 0. The third-order valence-electron chi connectivity index (χ3n) is 4.00. The fourth-order valence-electron chi connectivity index (χ4n) is 2.58. The molecule has 2 amide bonds. The molecule has 114 valence electrons. The summed E-state index contributed by atoms with van der Waals surface area (Å²) < 4.78 is 12.9. The average Bonchev–Trinajstić information content (AvgIpc) is 2.77. The second-order valence-electron chi connectivity index (χ2n) is 5.95. The second kappa shape index (κ2) is 6.24. The summed E-state index contributed by atoms with van der Waals surface area (Å²) >= 11 is 0. The van der Waals surface area contributed by atoms with E-state index in [0.29, 0.717) is 19.3 Å². The zero-order chi connectivity index (χ0) is 15.5. The molecule has 2 rings (SSSR count). The standard InChI is InChI=1S/C16H21FN2O2/c1-11(12-3-5-13(17)6-4-12)18-14(20)7-9-16(2)10-8-15(21)19-16/h3-6,11H,7-10H2,1-2H3,(H,18,20)(H,19,21)/t11-,16+/m1/s1. The predicted molar refractivity (Wildman–Crippen MR) is 78.0 cm³/mol. The quantitative estimate of drug-likeness (QED) is 0.876. The highest BCUT2D eigenvalue weighted by molar-refractivity contribution is 5.80. The molecule has 1 fully saturated rings. The van der Waals surface area contributed by atoms with Crippen molar-refractivity contribution in [2.24, 2.45) is 0 Å². The lowest BCUT2D eigenvalue weighted by atomic mass is 9.94. The molecule has 2 atom stereocenters. The third kappa shape index (κ3) is 4.28. The Labute approximate surface area is 124 Å². The third-order valence-corrected chi connectivity index (χ3v) is 4.00. The molecule has 0 saturated carbocycles. The van der Waals surface area contributed by atoms with Crippen molar-refractivity contribution in [1.82, 2.24) is 10.6 Å². The first-order valence-corrected chi connectivity index (χ1v) is 7.24. The van der Waals surface area contributed by atoms with Gasteiger partial charge in [0.2, 0.25) is 11.8 Å². The first kappa shape index (κ1) is 15.5. The van der Waals surface area contributed by atoms with Gasteiger partial charge in [0.1, 0.15) is 5.82 Å². The van der Waals surface area contributed by atoms with Crippen LogP contribution < -0.4 is 10.6 Å². The molecule has 1 aliphatic rings. The molecule has 0 radical (unpaired) electrons. The number of amides is 2. The Hall–Kier alpha value is -1.91. The molecular formula is C16H21FN2O2. The van der Waals surface area contributed by atoms with Crippen molar-refractivity contribution in [3.63, 3.8) is 0 Å². The number of hydrogen-bond acceptors (Lipinski definition) is 2. The molecule has 1 aliphatic heterocycles. The van der Waals surface area contributed by atoms with E-state index in [1.54, 1.807) is 12.1 Å². The normalized spacial score (nSPS) is 22.7. The van der Waals surface area contributed by atoms with E-state index in [1.807, 2.05) is 13.8 Å². The van der Waals surface area contributed by atoms with Gasteiger partial charge in [0.05, 0.1) is 6.04 Å². The monoisotopic (exact) mass is 292 g/mol. The number of benzene rings is 1. The van der Waals surface area contributed by atoms with Gasteiger partial charge >= 0.3 is 0 Å². The van der Waals surface area contributed by atoms with Crippen LogP contribution in [0.15, 0.2) is 24.3 Å². The minimum absolute atomic E-state index is 0.0533. The van der Waals surface area contributed by atoms with Gasteiger partial charge in [-0.1, -0.05) is 12.1 Å². The summed E-state index contributed by atoms with van der Waals surface area (Å²) in [6.45, 7) is 3.83. The van der Waals surface area contributed by atoms with Crippen molar-refractivity contribution >= 4 is 11.8 Å². The highest BCUT2D eigenvalue weighted by Crippen LogP contribution is 2.24. The molecule has 4 nitrogen and oxygen atoms in total. The van der Waals surface area contributed by atoms with E-state index in [9.17, 15) is 14.0 Å². The molecule has 1 aromatic carbocycles. The molecule has 1 saturated heterocycles. The summed E-state index contributed by atoms with van der Waals surface area (Å²) in [5.41, 5.74) is 0.596. The number of halogens is 1. The van der Waals surface area contributed by atoms with Crippen LogP contribution in [0.1, 0.15) is 51.1 Å². The minimum Gasteiger partial charge on any atom is -0.351 e. The van der Waals surface area contributed by atoms with E-state index in [1.165, 1.54) is 12.1 Å². The van der Waals surface area contributed by atoms with E-state index in [0.717, 1.165) is 12.0 Å². The zero-order valence-corrected chi connectivity index (χ0v) is 12.4. The maximum absolute atomic E-state index is 12.9. The highest BCUT2D eigenvalue weighted by Gasteiger charge is 2.33. The smallest absolute Gasteiger partial charge is 0.220 e. The largest absolute Gasteiger partial charge is 0.351 e. The summed E-state index contributed by atoms with van der Waals surface area (Å²) in [4.78, 5) is 23.2. The van der Waals surface area contributed by atoms with Crippen LogP contribution >= 0.6 is 0 Å². The zero-order valence-electron chi connectivity index (χ0n) is 12.4. The Morgan fingerprint density at radius 3 is 2.67 bits per heavy atom. The lowest BCUT2D eigenvalue weighted by molar-refractivity contribution is -0.123. The van der Waals surface area contributed by atoms with Crippen molar-refractivity contribution in [3.05, 3.63) is 35.6 Å². The first-order chi connectivity index (χ1) is 9.88. The Balaban J connectivity index is 1.81. The number of nitrogens with one attached hydrogen (secondary N) is 2. The Bertz CT molecular complexity index is 530. The van der Waals surface area contributed by atoms with Crippen LogP contribution in [-0.2, 0) is 9.59 Å². The van der Waals surface area contributed by atoms with Gasteiger partial charge in [-0.15, -0.1) is 0 Å². The molecule has 0 aromatic heterocycles. The Kier molecular flexibility index (Phi) is 4.60. The van der Waals surface area contributed by atoms with Gasteiger partial charge in [-0.05, 0) is 44.4 Å². The van der Waals surface area contributed by atoms with E-state index < -0.39 is 0 Å². The van der Waals surface area contributed by atoms with Gasteiger partial charge in [0.15, 0.2) is 0 Å². The van der Waals surface area contributed by atoms with Crippen LogP contribution in [0.3, 0.4) is 0 Å². The number of rotatable bonds is 5. The van der Waals surface area contributed by atoms with E-state index >= 15 is 0 Å². The first-order valence-electron chi connectivity index (χ1n) is 7.24. The molecule has 0 unspecified atom stereocenters. The number of carbonyl (C=O) groups is 2. The van der Waals surface area contributed by atoms with Gasteiger partial charge in [0.25, 0.3) is 0 Å². The van der Waals surface area contributed by atoms with Crippen LogP contribution in [0.4, 0.5) is 4.39 Å². The molecule has 0 spiro atoms.